The third kappa shape index (κ3) is 2.95. The zero-order valence-corrected chi connectivity index (χ0v) is 11.8. The summed E-state index contributed by atoms with van der Waals surface area (Å²) in [6.07, 6.45) is 1.87. The van der Waals surface area contributed by atoms with Gasteiger partial charge < -0.3 is 15.6 Å². The van der Waals surface area contributed by atoms with Crippen LogP contribution in [-0.4, -0.2) is 17.9 Å². The number of anilines is 1. The highest BCUT2D eigenvalue weighted by molar-refractivity contribution is 6.06. The molecule has 1 aromatic heterocycles. The molecule has 0 saturated carbocycles. The maximum atomic E-state index is 12.3. The fourth-order valence-corrected chi connectivity index (χ4v) is 2.36. The van der Waals surface area contributed by atoms with Crippen LogP contribution in [0.3, 0.4) is 0 Å². The second-order valence-corrected chi connectivity index (χ2v) is 4.96. The summed E-state index contributed by atoms with van der Waals surface area (Å²) in [5.74, 6) is -0.104. The minimum Gasteiger partial charge on any atom is -0.361 e. The van der Waals surface area contributed by atoms with Gasteiger partial charge in [-0.1, -0.05) is 18.2 Å². The first-order valence-corrected chi connectivity index (χ1v) is 6.88. The standard InChI is InChI=1S/C17H17N3O/c1-18-11-12-3-2-4-15(9-12)20-17(21)14-6-5-13-7-8-19-16(13)10-14/h2-10,18-19H,11H2,1H3,(H,20,21). The molecule has 21 heavy (non-hydrogen) atoms. The molecule has 0 bridgehead atoms. The normalized spacial score (nSPS) is 10.7. The number of nitrogens with one attached hydrogen (secondary N) is 3. The average Bonchev–Trinajstić information content (AvgIpc) is 2.95. The molecule has 0 aliphatic carbocycles. The number of H-pyrrole nitrogens is 1. The van der Waals surface area contributed by atoms with Gasteiger partial charge in [0.25, 0.3) is 5.91 Å². The number of benzene rings is 2. The van der Waals surface area contributed by atoms with Crippen LogP contribution in [0.4, 0.5) is 5.69 Å². The number of rotatable bonds is 4. The van der Waals surface area contributed by atoms with Gasteiger partial charge >= 0.3 is 0 Å². The molecule has 106 valence electrons. The second kappa shape index (κ2) is 5.81. The van der Waals surface area contributed by atoms with E-state index >= 15 is 0 Å². The molecular weight excluding hydrogens is 262 g/mol. The minimum atomic E-state index is -0.104. The van der Waals surface area contributed by atoms with Crippen LogP contribution in [0.25, 0.3) is 10.9 Å². The molecule has 3 rings (SSSR count). The zero-order valence-electron chi connectivity index (χ0n) is 11.8. The van der Waals surface area contributed by atoms with Crippen LogP contribution < -0.4 is 10.6 Å². The van der Waals surface area contributed by atoms with E-state index in [9.17, 15) is 4.79 Å². The summed E-state index contributed by atoms with van der Waals surface area (Å²) in [5, 5.41) is 7.13. The fourth-order valence-electron chi connectivity index (χ4n) is 2.36. The molecule has 0 fully saturated rings. The van der Waals surface area contributed by atoms with Crippen molar-refractivity contribution in [1.82, 2.24) is 10.3 Å². The van der Waals surface area contributed by atoms with E-state index in [1.54, 1.807) is 0 Å². The Balaban J connectivity index is 1.80. The maximum Gasteiger partial charge on any atom is 0.255 e. The van der Waals surface area contributed by atoms with Gasteiger partial charge in [0.15, 0.2) is 0 Å². The summed E-state index contributed by atoms with van der Waals surface area (Å²) in [6, 6.07) is 15.5. The monoisotopic (exact) mass is 279 g/mol. The fraction of sp³-hybridized carbons (Fsp3) is 0.118. The first-order chi connectivity index (χ1) is 10.3. The molecular formula is C17H17N3O. The summed E-state index contributed by atoms with van der Waals surface area (Å²) in [6.45, 7) is 0.776. The summed E-state index contributed by atoms with van der Waals surface area (Å²) >= 11 is 0. The summed E-state index contributed by atoms with van der Waals surface area (Å²) < 4.78 is 0. The Morgan fingerprint density at radius 1 is 1.14 bits per heavy atom. The van der Waals surface area contributed by atoms with E-state index in [-0.39, 0.29) is 5.91 Å². The lowest BCUT2D eigenvalue weighted by atomic mass is 10.1. The van der Waals surface area contributed by atoms with Crippen molar-refractivity contribution in [2.75, 3.05) is 12.4 Å². The van der Waals surface area contributed by atoms with E-state index in [2.05, 4.69) is 15.6 Å². The Hall–Kier alpha value is -2.59. The van der Waals surface area contributed by atoms with E-state index in [0.717, 1.165) is 28.7 Å². The van der Waals surface area contributed by atoms with Gasteiger partial charge in [0.05, 0.1) is 0 Å². The highest BCUT2D eigenvalue weighted by Crippen LogP contribution is 2.16. The molecule has 0 radical (unpaired) electrons. The van der Waals surface area contributed by atoms with Crippen LogP contribution in [0.1, 0.15) is 15.9 Å². The minimum absolute atomic E-state index is 0.104. The Bertz CT molecular complexity index is 776. The van der Waals surface area contributed by atoms with Gasteiger partial charge in [-0.2, -0.15) is 0 Å². The first-order valence-electron chi connectivity index (χ1n) is 6.88. The van der Waals surface area contributed by atoms with Gasteiger partial charge in [-0.05, 0) is 48.3 Å². The predicted octanol–water partition coefficient (Wildman–Crippen LogP) is 3.14. The second-order valence-electron chi connectivity index (χ2n) is 4.96. The van der Waals surface area contributed by atoms with Crippen molar-refractivity contribution >= 4 is 22.5 Å². The third-order valence-electron chi connectivity index (χ3n) is 3.38. The first kappa shape index (κ1) is 13.4. The topological polar surface area (TPSA) is 56.9 Å². The summed E-state index contributed by atoms with van der Waals surface area (Å²) in [5.41, 5.74) is 3.55. The maximum absolute atomic E-state index is 12.3. The third-order valence-corrected chi connectivity index (χ3v) is 3.38. The quantitative estimate of drug-likeness (QED) is 0.687. The average molecular weight is 279 g/mol. The van der Waals surface area contributed by atoms with Gasteiger partial charge in [0.1, 0.15) is 0 Å². The van der Waals surface area contributed by atoms with Crippen LogP contribution in [0.5, 0.6) is 0 Å². The van der Waals surface area contributed by atoms with Crippen LogP contribution in [0.15, 0.2) is 54.7 Å². The number of hydrogen-bond acceptors (Lipinski definition) is 2. The Kier molecular flexibility index (Phi) is 3.71. The van der Waals surface area contributed by atoms with Crippen LogP contribution in [0, 0.1) is 0 Å². The Morgan fingerprint density at radius 3 is 2.90 bits per heavy atom. The summed E-state index contributed by atoms with van der Waals surface area (Å²) in [7, 11) is 1.90. The van der Waals surface area contributed by atoms with Crippen molar-refractivity contribution in [2.24, 2.45) is 0 Å². The molecule has 1 amide bonds. The Labute approximate surface area is 123 Å². The van der Waals surface area contributed by atoms with Gasteiger partial charge in [0, 0.05) is 29.5 Å². The lowest BCUT2D eigenvalue weighted by Crippen LogP contribution is -2.12. The van der Waals surface area contributed by atoms with E-state index in [1.165, 1.54) is 0 Å². The molecule has 2 aromatic carbocycles. The van der Waals surface area contributed by atoms with E-state index in [0.29, 0.717) is 5.56 Å². The van der Waals surface area contributed by atoms with Crippen molar-refractivity contribution in [2.45, 2.75) is 6.54 Å². The molecule has 0 saturated heterocycles. The SMILES string of the molecule is CNCc1cccc(NC(=O)c2ccc3cc[nH]c3c2)c1. The van der Waals surface area contributed by atoms with E-state index < -0.39 is 0 Å². The van der Waals surface area contributed by atoms with E-state index in [1.807, 2.05) is 61.8 Å². The van der Waals surface area contributed by atoms with Crippen molar-refractivity contribution < 1.29 is 4.79 Å². The predicted molar refractivity (Wildman–Crippen MR) is 85.5 cm³/mol. The number of aromatic amines is 1. The van der Waals surface area contributed by atoms with Crippen LogP contribution in [-0.2, 0) is 6.54 Å². The van der Waals surface area contributed by atoms with Gasteiger partial charge in [-0.25, -0.2) is 0 Å². The number of carbonyl (C=O) groups excluding carboxylic acids is 1. The highest BCUT2D eigenvalue weighted by atomic mass is 16.1. The number of carbonyl (C=O) groups is 1. The number of hydrogen-bond donors (Lipinski definition) is 3. The molecule has 0 aliphatic heterocycles. The van der Waals surface area contributed by atoms with E-state index in [4.69, 9.17) is 0 Å². The Morgan fingerprint density at radius 2 is 2.05 bits per heavy atom. The van der Waals surface area contributed by atoms with Gasteiger partial charge in [-0.15, -0.1) is 0 Å². The van der Waals surface area contributed by atoms with Crippen molar-refractivity contribution in [3.05, 3.63) is 65.9 Å². The molecule has 1 heterocycles. The molecule has 0 aliphatic rings. The molecule has 0 atom stereocenters. The molecule has 0 unspecified atom stereocenters. The van der Waals surface area contributed by atoms with Gasteiger partial charge in [-0.3, -0.25) is 4.79 Å². The van der Waals surface area contributed by atoms with Crippen molar-refractivity contribution in [3.63, 3.8) is 0 Å². The molecule has 3 aromatic rings. The number of aromatic nitrogens is 1. The number of amides is 1. The molecule has 4 heteroatoms. The number of fused-ring (bicyclic) bond motifs is 1. The molecule has 3 N–H and O–H groups in total. The van der Waals surface area contributed by atoms with Crippen LogP contribution >= 0.6 is 0 Å². The largest absolute Gasteiger partial charge is 0.361 e. The highest BCUT2D eigenvalue weighted by Gasteiger charge is 2.07. The summed E-state index contributed by atoms with van der Waals surface area (Å²) in [4.78, 5) is 15.4. The van der Waals surface area contributed by atoms with Crippen molar-refractivity contribution in [1.29, 1.82) is 0 Å². The zero-order chi connectivity index (χ0) is 14.7. The molecule has 4 nitrogen and oxygen atoms in total. The van der Waals surface area contributed by atoms with Crippen molar-refractivity contribution in [3.8, 4) is 0 Å². The van der Waals surface area contributed by atoms with Gasteiger partial charge in [0.2, 0.25) is 0 Å². The van der Waals surface area contributed by atoms with Crippen LogP contribution in [0.2, 0.25) is 0 Å². The molecule has 0 spiro atoms. The lowest BCUT2D eigenvalue weighted by Gasteiger charge is -2.07. The smallest absolute Gasteiger partial charge is 0.255 e. The lowest BCUT2D eigenvalue weighted by molar-refractivity contribution is 0.102.